The van der Waals surface area contributed by atoms with Gasteiger partial charge in [0.2, 0.25) is 0 Å². The first-order valence-corrected chi connectivity index (χ1v) is 10.0. The minimum absolute atomic E-state index is 0.726. The zero-order valence-electron chi connectivity index (χ0n) is 15.5. The number of benzene rings is 1. The molecule has 1 saturated heterocycles. The van der Waals surface area contributed by atoms with Crippen molar-refractivity contribution in [1.82, 2.24) is 15.2 Å². The average Bonchev–Trinajstić information content (AvgIpc) is 3.22. The number of hydrogen-bond acceptors (Lipinski definition) is 5. The minimum Gasteiger partial charge on any atom is -0.492 e. The molecule has 3 rings (SSSR count). The van der Waals surface area contributed by atoms with Crippen LogP contribution in [-0.4, -0.2) is 42.7 Å². The van der Waals surface area contributed by atoms with E-state index in [2.05, 4.69) is 54.2 Å². The van der Waals surface area contributed by atoms with Gasteiger partial charge in [0, 0.05) is 24.5 Å². The van der Waals surface area contributed by atoms with Crippen molar-refractivity contribution in [2.24, 2.45) is 5.92 Å². The quantitative estimate of drug-likeness (QED) is 0.782. The van der Waals surface area contributed by atoms with Gasteiger partial charge in [-0.05, 0) is 57.3 Å². The highest BCUT2D eigenvalue weighted by Gasteiger charge is 2.19. The maximum absolute atomic E-state index is 6.14. The van der Waals surface area contributed by atoms with Crippen LogP contribution in [-0.2, 0) is 6.54 Å². The molecule has 0 bridgehead atoms. The molecular weight excluding hydrogens is 330 g/mol. The third kappa shape index (κ3) is 5.03. The molecule has 1 aromatic heterocycles. The molecule has 5 heteroatoms. The lowest BCUT2D eigenvalue weighted by Gasteiger charge is -2.25. The lowest BCUT2D eigenvalue weighted by atomic mass is 10.1. The number of hydrogen-bond donors (Lipinski definition) is 1. The van der Waals surface area contributed by atoms with Crippen molar-refractivity contribution in [2.75, 3.05) is 32.8 Å². The SMILES string of the molecule is Cc1cccc(C)c1OCCN(Cc1scnc1C)CC1CCNC1. The van der Waals surface area contributed by atoms with E-state index in [-0.39, 0.29) is 0 Å². The average molecular weight is 360 g/mol. The number of ether oxygens (including phenoxy) is 1. The second kappa shape index (κ2) is 8.79. The summed E-state index contributed by atoms with van der Waals surface area (Å²) in [4.78, 5) is 8.31. The number of thiazole rings is 1. The Balaban J connectivity index is 1.59. The van der Waals surface area contributed by atoms with Crippen LogP contribution in [0.25, 0.3) is 0 Å². The van der Waals surface area contributed by atoms with E-state index >= 15 is 0 Å². The first-order chi connectivity index (χ1) is 12.1. The van der Waals surface area contributed by atoms with Crippen molar-refractivity contribution in [1.29, 1.82) is 0 Å². The Morgan fingerprint density at radius 2 is 2.08 bits per heavy atom. The Hall–Kier alpha value is -1.43. The second-order valence-corrected chi connectivity index (χ2v) is 7.96. The molecule has 1 aliphatic heterocycles. The number of aryl methyl sites for hydroxylation is 3. The normalized spacial score (nSPS) is 17.4. The molecule has 1 fully saturated rings. The third-order valence-corrected chi connectivity index (χ3v) is 5.87. The summed E-state index contributed by atoms with van der Waals surface area (Å²) in [5.41, 5.74) is 5.54. The van der Waals surface area contributed by atoms with E-state index in [1.165, 1.54) is 22.4 Å². The molecule has 0 aliphatic carbocycles. The van der Waals surface area contributed by atoms with E-state index in [0.717, 1.165) is 56.7 Å². The Bertz CT molecular complexity index is 659. The van der Waals surface area contributed by atoms with Crippen LogP contribution in [0.3, 0.4) is 0 Å². The van der Waals surface area contributed by atoms with Gasteiger partial charge < -0.3 is 10.1 Å². The van der Waals surface area contributed by atoms with Gasteiger partial charge in [-0.25, -0.2) is 4.98 Å². The van der Waals surface area contributed by atoms with E-state index in [1.54, 1.807) is 11.3 Å². The molecule has 0 amide bonds. The van der Waals surface area contributed by atoms with Crippen LogP contribution < -0.4 is 10.1 Å². The maximum Gasteiger partial charge on any atom is 0.125 e. The topological polar surface area (TPSA) is 37.4 Å². The van der Waals surface area contributed by atoms with Gasteiger partial charge in [-0.1, -0.05) is 18.2 Å². The molecule has 25 heavy (non-hydrogen) atoms. The van der Waals surface area contributed by atoms with Crippen molar-refractivity contribution in [2.45, 2.75) is 33.7 Å². The van der Waals surface area contributed by atoms with Crippen molar-refractivity contribution in [3.8, 4) is 5.75 Å². The van der Waals surface area contributed by atoms with E-state index in [4.69, 9.17) is 4.74 Å². The van der Waals surface area contributed by atoms with Gasteiger partial charge in [0.05, 0.1) is 11.2 Å². The van der Waals surface area contributed by atoms with Gasteiger partial charge in [-0.2, -0.15) is 0 Å². The summed E-state index contributed by atoms with van der Waals surface area (Å²) in [6, 6.07) is 6.32. The fourth-order valence-corrected chi connectivity index (χ4v) is 4.27. The number of nitrogens with zero attached hydrogens (tertiary/aromatic N) is 2. The van der Waals surface area contributed by atoms with Gasteiger partial charge >= 0.3 is 0 Å². The van der Waals surface area contributed by atoms with Gasteiger partial charge in [0.15, 0.2) is 0 Å². The lowest BCUT2D eigenvalue weighted by Crippen LogP contribution is -2.33. The highest BCUT2D eigenvalue weighted by molar-refractivity contribution is 7.09. The van der Waals surface area contributed by atoms with Crippen molar-refractivity contribution in [3.63, 3.8) is 0 Å². The summed E-state index contributed by atoms with van der Waals surface area (Å²) in [6.45, 7) is 12.4. The summed E-state index contributed by atoms with van der Waals surface area (Å²) in [5, 5.41) is 3.48. The number of aromatic nitrogens is 1. The predicted octanol–water partition coefficient (Wildman–Crippen LogP) is 3.56. The molecule has 4 nitrogen and oxygen atoms in total. The molecule has 2 aromatic rings. The molecule has 1 aromatic carbocycles. The number of para-hydroxylation sites is 1. The number of nitrogens with one attached hydrogen (secondary N) is 1. The Morgan fingerprint density at radius 3 is 2.72 bits per heavy atom. The largest absolute Gasteiger partial charge is 0.492 e. The summed E-state index contributed by atoms with van der Waals surface area (Å²) < 4.78 is 6.14. The molecular formula is C20H29N3OS. The van der Waals surface area contributed by atoms with Crippen molar-refractivity contribution in [3.05, 3.63) is 45.4 Å². The Labute approximate surface area is 155 Å². The van der Waals surface area contributed by atoms with E-state index in [9.17, 15) is 0 Å². The summed E-state index contributed by atoms with van der Waals surface area (Å²) in [6.07, 6.45) is 1.27. The van der Waals surface area contributed by atoms with Gasteiger partial charge in [0.1, 0.15) is 12.4 Å². The van der Waals surface area contributed by atoms with Crippen LogP contribution in [0.4, 0.5) is 0 Å². The molecule has 2 heterocycles. The van der Waals surface area contributed by atoms with E-state index in [1.807, 2.05) is 5.51 Å². The first-order valence-electron chi connectivity index (χ1n) is 9.14. The van der Waals surface area contributed by atoms with Crippen LogP contribution in [0.2, 0.25) is 0 Å². The van der Waals surface area contributed by atoms with Gasteiger partial charge in [-0.15, -0.1) is 11.3 Å². The number of rotatable bonds is 8. The summed E-state index contributed by atoms with van der Waals surface area (Å²) >= 11 is 1.76. The fourth-order valence-electron chi connectivity index (χ4n) is 3.46. The highest BCUT2D eigenvalue weighted by atomic mass is 32.1. The first kappa shape index (κ1) is 18.4. The van der Waals surface area contributed by atoms with Gasteiger partial charge in [-0.3, -0.25) is 4.90 Å². The van der Waals surface area contributed by atoms with Crippen LogP contribution in [0.1, 0.15) is 28.1 Å². The van der Waals surface area contributed by atoms with Crippen LogP contribution in [0.15, 0.2) is 23.7 Å². The van der Waals surface area contributed by atoms with E-state index in [0.29, 0.717) is 0 Å². The Morgan fingerprint density at radius 1 is 1.28 bits per heavy atom. The summed E-state index contributed by atoms with van der Waals surface area (Å²) in [7, 11) is 0. The molecule has 136 valence electrons. The minimum atomic E-state index is 0.726. The van der Waals surface area contributed by atoms with E-state index < -0.39 is 0 Å². The zero-order chi connectivity index (χ0) is 17.6. The predicted molar refractivity (Wildman–Crippen MR) is 105 cm³/mol. The summed E-state index contributed by atoms with van der Waals surface area (Å²) in [5.74, 6) is 1.78. The van der Waals surface area contributed by atoms with Crippen LogP contribution in [0.5, 0.6) is 5.75 Å². The molecule has 0 spiro atoms. The molecule has 1 atom stereocenters. The monoisotopic (exact) mass is 359 g/mol. The second-order valence-electron chi connectivity index (χ2n) is 7.02. The van der Waals surface area contributed by atoms with Crippen LogP contribution in [0, 0.1) is 26.7 Å². The fraction of sp³-hybridized carbons (Fsp3) is 0.550. The van der Waals surface area contributed by atoms with Gasteiger partial charge in [0.25, 0.3) is 0 Å². The molecule has 0 saturated carbocycles. The van der Waals surface area contributed by atoms with Crippen molar-refractivity contribution < 1.29 is 4.74 Å². The molecule has 1 unspecified atom stereocenters. The molecule has 0 radical (unpaired) electrons. The van der Waals surface area contributed by atoms with Crippen LogP contribution >= 0.6 is 11.3 Å². The highest BCUT2D eigenvalue weighted by Crippen LogP contribution is 2.23. The maximum atomic E-state index is 6.14. The third-order valence-electron chi connectivity index (χ3n) is 4.95. The standard InChI is InChI=1S/C20H29N3OS/c1-15-5-4-6-16(2)20(15)24-10-9-23(12-18-7-8-21-11-18)13-19-17(3)22-14-25-19/h4-6,14,18,21H,7-13H2,1-3H3. The lowest BCUT2D eigenvalue weighted by molar-refractivity contribution is 0.182. The molecule has 1 aliphatic rings. The smallest absolute Gasteiger partial charge is 0.125 e. The Kier molecular flexibility index (Phi) is 6.45. The molecule has 1 N–H and O–H groups in total. The van der Waals surface area contributed by atoms with Crippen molar-refractivity contribution >= 4 is 11.3 Å². The zero-order valence-corrected chi connectivity index (χ0v) is 16.4.